The summed E-state index contributed by atoms with van der Waals surface area (Å²) in [4.78, 5) is 16.6. The number of carbonyl (C=O) groups excluding carboxylic acids is 1. The maximum atomic E-state index is 12.3. The van der Waals surface area contributed by atoms with Crippen molar-refractivity contribution in [3.63, 3.8) is 0 Å². The number of carbonyl (C=O) groups is 1. The standard InChI is InChI=1S/C18H23N3O2/c1-18(2,3)12-6-8-13(9-7-12)20-16(22)15-11-23-17(21-15)14-5-4-10-19-14/h6-9,11,14,19H,4-5,10H2,1-3H3,(H,20,22). The molecule has 0 bridgehead atoms. The number of nitrogens with one attached hydrogen (secondary N) is 2. The van der Waals surface area contributed by atoms with Gasteiger partial charge in [-0.3, -0.25) is 4.79 Å². The van der Waals surface area contributed by atoms with Crippen LogP contribution in [0.1, 0.15) is 61.6 Å². The second-order valence-corrected chi connectivity index (χ2v) is 7.00. The molecule has 1 aliphatic heterocycles. The van der Waals surface area contributed by atoms with Gasteiger partial charge in [-0.1, -0.05) is 32.9 Å². The van der Waals surface area contributed by atoms with Crippen LogP contribution in [0, 0.1) is 0 Å². The molecule has 3 rings (SSSR count). The van der Waals surface area contributed by atoms with Gasteiger partial charge in [0, 0.05) is 5.69 Å². The van der Waals surface area contributed by atoms with E-state index in [1.807, 2.05) is 24.3 Å². The van der Waals surface area contributed by atoms with Gasteiger partial charge in [-0.2, -0.15) is 0 Å². The topological polar surface area (TPSA) is 67.2 Å². The lowest BCUT2D eigenvalue weighted by atomic mass is 9.87. The third-order valence-corrected chi connectivity index (χ3v) is 4.12. The van der Waals surface area contributed by atoms with E-state index in [9.17, 15) is 4.79 Å². The molecule has 23 heavy (non-hydrogen) atoms. The summed E-state index contributed by atoms with van der Waals surface area (Å²) in [6.45, 7) is 7.45. The van der Waals surface area contributed by atoms with Gasteiger partial charge in [0.05, 0.1) is 6.04 Å². The Morgan fingerprint density at radius 1 is 1.30 bits per heavy atom. The van der Waals surface area contributed by atoms with Crippen molar-refractivity contribution in [2.75, 3.05) is 11.9 Å². The Balaban J connectivity index is 1.67. The Morgan fingerprint density at radius 3 is 2.65 bits per heavy atom. The van der Waals surface area contributed by atoms with Crippen molar-refractivity contribution in [1.82, 2.24) is 10.3 Å². The minimum atomic E-state index is -0.249. The molecular formula is C18H23N3O2. The maximum absolute atomic E-state index is 12.3. The van der Waals surface area contributed by atoms with Crippen LogP contribution >= 0.6 is 0 Å². The quantitative estimate of drug-likeness (QED) is 0.907. The highest BCUT2D eigenvalue weighted by atomic mass is 16.3. The smallest absolute Gasteiger partial charge is 0.277 e. The molecule has 0 radical (unpaired) electrons. The lowest BCUT2D eigenvalue weighted by Gasteiger charge is -2.19. The molecule has 1 amide bonds. The van der Waals surface area contributed by atoms with E-state index in [1.54, 1.807) is 0 Å². The molecule has 2 aromatic rings. The average Bonchev–Trinajstić information content (AvgIpc) is 3.18. The van der Waals surface area contributed by atoms with Gasteiger partial charge < -0.3 is 15.1 Å². The highest BCUT2D eigenvalue weighted by Crippen LogP contribution is 2.24. The number of aromatic nitrogens is 1. The van der Waals surface area contributed by atoms with Crippen molar-refractivity contribution in [3.8, 4) is 0 Å². The van der Waals surface area contributed by atoms with Gasteiger partial charge in [0.15, 0.2) is 5.69 Å². The van der Waals surface area contributed by atoms with Gasteiger partial charge in [-0.05, 0) is 42.5 Å². The summed E-state index contributed by atoms with van der Waals surface area (Å²) < 4.78 is 5.44. The van der Waals surface area contributed by atoms with Crippen molar-refractivity contribution in [3.05, 3.63) is 47.7 Å². The molecule has 1 saturated heterocycles. The fourth-order valence-corrected chi connectivity index (χ4v) is 2.70. The van der Waals surface area contributed by atoms with E-state index < -0.39 is 0 Å². The highest BCUT2D eigenvalue weighted by Gasteiger charge is 2.23. The fourth-order valence-electron chi connectivity index (χ4n) is 2.70. The lowest BCUT2D eigenvalue weighted by molar-refractivity contribution is 0.102. The van der Waals surface area contributed by atoms with E-state index in [1.165, 1.54) is 11.8 Å². The Morgan fingerprint density at radius 2 is 2.04 bits per heavy atom. The highest BCUT2D eigenvalue weighted by molar-refractivity contribution is 6.02. The van der Waals surface area contributed by atoms with Crippen molar-refractivity contribution >= 4 is 11.6 Å². The first-order valence-electron chi connectivity index (χ1n) is 8.04. The van der Waals surface area contributed by atoms with E-state index in [2.05, 4.69) is 36.4 Å². The normalized spacial score (nSPS) is 18.1. The monoisotopic (exact) mass is 313 g/mol. The average molecular weight is 313 g/mol. The summed E-state index contributed by atoms with van der Waals surface area (Å²) >= 11 is 0. The molecule has 1 aromatic heterocycles. The molecule has 1 fully saturated rings. The number of rotatable bonds is 3. The van der Waals surface area contributed by atoms with Gasteiger partial charge in [-0.15, -0.1) is 0 Å². The zero-order valence-electron chi connectivity index (χ0n) is 13.8. The van der Waals surface area contributed by atoms with Crippen LogP contribution in [-0.2, 0) is 5.41 Å². The molecule has 1 atom stereocenters. The van der Waals surface area contributed by atoms with Crippen LogP contribution in [0.4, 0.5) is 5.69 Å². The van der Waals surface area contributed by atoms with E-state index in [-0.39, 0.29) is 17.4 Å². The van der Waals surface area contributed by atoms with Crippen LogP contribution in [0.5, 0.6) is 0 Å². The molecule has 1 unspecified atom stereocenters. The number of hydrogen-bond donors (Lipinski definition) is 2. The first kappa shape index (κ1) is 15.7. The van der Waals surface area contributed by atoms with Crippen molar-refractivity contribution in [2.24, 2.45) is 0 Å². The first-order chi connectivity index (χ1) is 10.9. The molecule has 2 N–H and O–H groups in total. The predicted molar refractivity (Wildman–Crippen MR) is 89.6 cm³/mol. The molecule has 122 valence electrons. The van der Waals surface area contributed by atoms with Gasteiger partial charge >= 0.3 is 0 Å². The minimum absolute atomic E-state index is 0.0951. The Bertz CT molecular complexity index is 677. The lowest BCUT2D eigenvalue weighted by Crippen LogP contribution is -2.15. The molecule has 0 aliphatic carbocycles. The third-order valence-electron chi connectivity index (χ3n) is 4.12. The maximum Gasteiger partial charge on any atom is 0.277 e. The van der Waals surface area contributed by atoms with Crippen LogP contribution in [0.25, 0.3) is 0 Å². The third kappa shape index (κ3) is 3.62. The van der Waals surface area contributed by atoms with E-state index in [0.717, 1.165) is 25.1 Å². The number of nitrogens with zero attached hydrogens (tertiary/aromatic N) is 1. The zero-order valence-corrected chi connectivity index (χ0v) is 13.8. The van der Waals surface area contributed by atoms with Crippen molar-refractivity contribution in [1.29, 1.82) is 0 Å². The number of amides is 1. The molecule has 5 heteroatoms. The fraction of sp³-hybridized carbons (Fsp3) is 0.444. The SMILES string of the molecule is CC(C)(C)c1ccc(NC(=O)c2coc(C3CCCN3)n2)cc1. The Labute approximate surface area is 136 Å². The summed E-state index contributed by atoms with van der Waals surface area (Å²) in [5.74, 6) is 0.345. The van der Waals surface area contributed by atoms with E-state index >= 15 is 0 Å². The second-order valence-electron chi connectivity index (χ2n) is 7.00. The number of oxazole rings is 1. The second kappa shape index (κ2) is 6.16. The molecule has 1 aromatic carbocycles. The summed E-state index contributed by atoms with van der Waals surface area (Å²) in [6, 6.07) is 8.02. The van der Waals surface area contributed by atoms with E-state index in [4.69, 9.17) is 4.42 Å². The molecule has 5 nitrogen and oxygen atoms in total. The van der Waals surface area contributed by atoms with Crippen molar-refractivity contribution in [2.45, 2.75) is 45.1 Å². The number of benzene rings is 1. The molecule has 0 spiro atoms. The van der Waals surface area contributed by atoms with Gasteiger partial charge in [-0.25, -0.2) is 4.98 Å². The summed E-state index contributed by atoms with van der Waals surface area (Å²) in [5.41, 5.74) is 2.39. The summed E-state index contributed by atoms with van der Waals surface area (Å²) in [5, 5.41) is 6.17. The largest absolute Gasteiger partial charge is 0.446 e. The van der Waals surface area contributed by atoms with Crippen LogP contribution in [0.15, 0.2) is 34.9 Å². The van der Waals surface area contributed by atoms with Crippen molar-refractivity contribution < 1.29 is 9.21 Å². The Hall–Kier alpha value is -2.14. The Kier molecular flexibility index (Phi) is 4.22. The summed E-state index contributed by atoms with van der Waals surface area (Å²) in [7, 11) is 0. The predicted octanol–water partition coefficient (Wildman–Crippen LogP) is 3.65. The number of anilines is 1. The van der Waals surface area contributed by atoms with E-state index in [0.29, 0.717) is 11.6 Å². The minimum Gasteiger partial charge on any atom is -0.446 e. The van der Waals surface area contributed by atoms with Gasteiger partial charge in [0.25, 0.3) is 5.91 Å². The van der Waals surface area contributed by atoms with Crippen LogP contribution in [0.3, 0.4) is 0 Å². The molecule has 2 heterocycles. The first-order valence-corrected chi connectivity index (χ1v) is 8.04. The molecule has 0 saturated carbocycles. The summed E-state index contributed by atoms with van der Waals surface area (Å²) in [6.07, 6.45) is 3.53. The van der Waals surface area contributed by atoms with Crippen LogP contribution in [0.2, 0.25) is 0 Å². The molecular weight excluding hydrogens is 290 g/mol. The molecule has 1 aliphatic rings. The van der Waals surface area contributed by atoms with Crippen LogP contribution in [-0.4, -0.2) is 17.4 Å². The van der Waals surface area contributed by atoms with Crippen LogP contribution < -0.4 is 10.6 Å². The van der Waals surface area contributed by atoms with Gasteiger partial charge in [0.1, 0.15) is 6.26 Å². The number of hydrogen-bond acceptors (Lipinski definition) is 4. The zero-order chi connectivity index (χ0) is 16.4. The van der Waals surface area contributed by atoms with Gasteiger partial charge in [0.2, 0.25) is 5.89 Å².